The zero-order valence-electron chi connectivity index (χ0n) is 7.74. The molecular formula is C7H14N2O3. The van der Waals surface area contributed by atoms with E-state index in [1.807, 2.05) is 0 Å². The van der Waals surface area contributed by atoms with Crippen LogP contribution in [0, 0.1) is 0 Å². The summed E-state index contributed by atoms with van der Waals surface area (Å²) < 4.78 is 0. The van der Waals surface area contributed by atoms with Crippen molar-refractivity contribution in [2.75, 3.05) is 21.1 Å². The molecule has 2 amide bonds. The first-order chi connectivity index (χ1) is 5.37. The summed E-state index contributed by atoms with van der Waals surface area (Å²) in [4.78, 5) is 24.1. The van der Waals surface area contributed by atoms with Crippen LogP contribution in [0.15, 0.2) is 0 Å². The molecule has 0 spiro atoms. The van der Waals surface area contributed by atoms with Crippen molar-refractivity contribution >= 4 is 12.0 Å². The van der Waals surface area contributed by atoms with Gasteiger partial charge in [-0.15, -0.1) is 0 Å². The number of hydrogen-bond donors (Lipinski definition) is 1. The summed E-state index contributed by atoms with van der Waals surface area (Å²) in [6, 6.07) is -1.11. The van der Waals surface area contributed by atoms with Crippen molar-refractivity contribution in [3.8, 4) is 0 Å². The van der Waals surface area contributed by atoms with E-state index in [0.717, 1.165) is 0 Å². The number of carboxylic acids is 1. The monoisotopic (exact) mass is 174 g/mol. The van der Waals surface area contributed by atoms with E-state index >= 15 is 0 Å². The van der Waals surface area contributed by atoms with Crippen molar-refractivity contribution in [3.63, 3.8) is 0 Å². The average Bonchev–Trinajstić information content (AvgIpc) is 2.00. The Balaban J connectivity index is 4.29. The number of carbonyl (C=O) groups excluding carboxylic acids is 1. The molecular weight excluding hydrogens is 160 g/mol. The van der Waals surface area contributed by atoms with Crippen LogP contribution in [0.5, 0.6) is 0 Å². The molecule has 0 saturated heterocycles. The lowest BCUT2D eigenvalue weighted by atomic mass is 10.3. The minimum Gasteiger partial charge on any atom is -0.480 e. The highest BCUT2D eigenvalue weighted by molar-refractivity contribution is 5.81. The van der Waals surface area contributed by atoms with Gasteiger partial charge in [-0.05, 0) is 6.92 Å². The first-order valence-corrected chi connectivity index (χ1v) is 3.54. The van der Waals surface area contributed by atoms with Crippen molar-refractivity contribution in [1.82, 2.24) is 9.80 Å². The molecule has 0 aliphatic rings. The highest BCUT2D eigenvalue weighted by atomic mass is 16.4. The van der Waals surface area contributed by atoms with Crippen LogP contribution in [-0.2, 0) is 4.79 Å². The molecule has 5 heteroatoms. The van der Waals surface area contributed by atoms with E-state index in [-0.39, 0.29) is 6.03 Å². The van der Waals surface area contributed by atoms with Crippen LogP contribution in [0.25, 0.3) is 0 Å². The van der Waals surface area contributed by atoms with Crippen LogP contribution in [0.4, 0.5) is 4.79 Å². The molecule has 0 bridgehead atoms. The van der Waals surface area contributed by atoms with E-state index in [2.05, 4.69) is 0 Å². The average molecular weight is 174 g/mol. The maximum Gasteiger partial charge on any atom is 0.326 e. The molecule has 12 heavy (non-hydrogen) atoms. The van der Waals surface area contributed by atoms with Gasteiger partial charge in [-0.3, -0.25) is 0 Å². The number of carboxylic acid groups (broad SMARTS) is 1. The lowest BCUT2D eigenvalue weighted by Gasteiger charge is -2.24. The summed E-state index contributed by atoms with van der Waals surface area (Å²) in [5.41, 5.74) is 0. The molecule has 0 aromatic carbocycles. The fraction of sp³-hybridized carbons (Fsp3) is 0.714. The maximum atomic E-state index is 11.2. The summed E-state index contributed by atoms with van der Waals surface area (Å²) in [5.74, 6) is -1.01. The second kappa shape index (κ2) is 3.94. The minimum absolute atomic E-state index is 0.315. The predicted octanol–water partition coefficient (Wildman–Crippen LogP) is 0.0729. The lowest BCUT2D eigenvalue weighted by molar-refractivity contribution is -0.141. The Kier molecular flexibility index (Phi) is 3.53. The van der Waals surface area contributed by atoms with Crippen molar-refractivity contribution in [2.24, 2.45) is 0 Å². The Hall–Kier alpha value is -1.26. The highest BCUT2D eigenvalue weighted by Crippen LogP contribution is 1.98. The Morgan fingerprint density at radius 1 is 1.25 bits per heavy atom. The Bertz CT molecular complexity index is 191. The van der Waals surface area contributed by atoms with Crippen molar-refractivity contribution in [1.29, 1.82) is 0 Å². The third-order valence-corrected chi connectivity index (χ3v) is 1.62. The second-order valence-electron chi connectivity index (χ2n) is 2.80. The minimum atomic E-state index is -1.01. The first kappa shape index (κ1) is 10.7. The summed E-state index contributed by atoms with van der Waals surface area (Å²) in [5, 5.41) is 8.57. The molecule has 5 nitrogen and oxygen atoms in total. The third kappa shape index (κ3) is 2.41. The SMILES string of the molecule is CC(C(=O)O)N(C)C(=O)N(C)C. The molecule has 70 valence electrons. The van der Waals surface area contributed by atoms with Gasteiger partial charge in [-0.1, -0.05) is 0 Å². The molecule has 1 unspecified atom stereocenters. The van der Waals surface area contributed by atoms with Crippen LogP contribution < -0.4 is 0 Å². The molecule has 0 aliphatic carbocycles. The van der Waals surface area contributed by atoms with E-state index in [4.69, 9.17) is 5.11 Å². The first-order valence-electron chi connectivity index (χ1n) is 3.54. The van der Waals surface area contributed by atoms with E-state index in [0.29, 0.717) is 0 Å². The molecule has 0 radical (unpaired) electrons. The number of aliphatic carboxylic acids is 1. The molecule has 0 aromatic heterocycles. The summed E-state index contributed by atoms with van der Waals surface area (Å²) in [7, 11) is 4.61. The predicted molar refractivity (Wildman–Crippen MR) is 43.9 cm³/mol. The normalized spacial score (nSPS) is 12.0. The topological polar surface area (TPSA) is 60.9 Å². The van der Waals surface area contributed by atoms with Crippen molar-refractivity contribution in [2.45, 2.75) is 13.0 Å². The van der Waals surface area contributed by atoms with Crippen LogP contribution in [0.2, 0.25) is 0 Å². The molecule has 0 aliphatic heterocycles. The van der Waals surface area contributed by atoms with Gasteiger partial charge in [0.2, 0.25) is 0 Å². The maximum absolute atomic E-state index is 11.2. The van der Waals surface area contributed by atoms with Gasteiger partial charge in [0, 0.05) is 21.1 Å². The largest absolute Gasteiger partial charge is 0.480 e. The Labute approximate surface area is 71.6 Å². The number of urea groups is 1. The number of hydrogen-bond acceptors (Lipinski definition) is 2. The Morgan fingerprint density at radius 3 is 1.92 bits per heavy atom. The van der Waals surface area contributed by atoms with Gasteiger partial charge in [0.15, 0.2) is 0 Å². The quantitative estimate of drug-likeness (QED) is 0.644. The lowest BCUT2D eigenvalue weighted by Crippen LogP contribution is -2.45. The number of rotatable bonds is 2. The number of nitrogens with zero attached hydrogens (tertiary/aromatic N) is 2. The molecule has 1 N–H and O–H groups in total. The number of likely N-dealkylation sites (N-methyl/N-ethyl adjacent to an activating group) is 1. The van der Waals surface area contributed by atoms with E-state index in [1.165, 1.54) is 23.8 Å². The molecule has 0 aromatic rings. The third-order valence-electron chi connectivity index (χ3n) is 1.62. The van der Waals surface area contributed by atoms with Gasteiger partial charge < -0.3 is 14.9 Å². The Morgan fingerprint density at radius 2 is 1.67 bits per heavy atom. The van der Waals surface area contributed by atoms with Gasteiger partial charge in [-0.2, -0.15) is 0 Å². The van der Waals surface area contributed by atoms with E-state index < -0.39 is 12.0 Å². The van der Waals surface area contributed by atoms with Gasteiger partial charge >= 0.3 is 12.0 Å². The molecule has 0 heterocycles. The van der Waals surface area contributed by atoms with Gasteiger partial charge in [0.05, 0.1) is 0 Å². The fourth-order valence-corrected chi connectivity index (χ4v) is 0.647. The smallest absolute Gasteiger partial charge is 0.326 e. The molecule has 0 saturated carbocycles. The summed E-state index contributed by atoms with van der Waals surface area (Å²) in [6.07, 6.45) is 0. The van der Waals surface area contributed by atoms with Gasteiger partial charge in [0.1, 0.15) is 6.04 Å². The molecule has 0 fully saturated rings. The van der Waals surface area contributed by atoms with Crippen LogP contribution >= 0.6 is 0 Å². The number of amides is 2. The van der Waals surface area contributed by atoms with E-state index in [9.17, 15) is 9.59 Å². The zero-order valence-corrected chi connectivity index (χ0v) is 7.74. The van der Waals surface area contributed by atoms with Gasteiger partial charge in [0.25, 0.3) is 0 Å². The fourth-order valence-electron chi connectivity index (χ4n) is 0.647. The highest BCUT2D eigenvalue weighted by Gasteiger charge is 2.22. The zero-order chi connectivity index (χ0) is 9.89. The van der Waals surface area contributed by atoms with Crippen molar-refractivity contribution in [3.05, 3.63) is 0 Å². The van der Waals surface area contributed by atoms with Crippen LogP contribution in [0.1, 0.15) is 6.92 Å². The number of carbonyl (C=O) groups is 2. The van der Waals surface area contributed by atoms with Crippen molar-refractivity contribution < 1.29 is 14.7 Å². The summed E-state index contributed by atoms with van der Waals surface area (Å²) >= 11 is 0. The standard InChI is InChI=1S/C7H14N2O3/c1-5(6(10)11)9(4)7(12)8(2)3/h5H,1-4H3,(H,10,11). The second-order valence-corrected chi connectivity index (χ2v) is 2.80. The van der Waals surface area contributed by atoms with Gasteiger partial charge in [-0.25, -0.2) is 9.59 Å². The molecule has 0 rings (SSSR count). The van der Waals surface area contributed by atoms with Crippen LogP contribution in [0.3, 0.4) is 0 Å². The van der Waals surface area contributed by atoms with E-state index in [1.54, 1.807) is 14.1 Å². The summed E-state index contributed by atoms with van der Waals surface area (Å²) in [6.45, 7) is 1.46. The van der Waals surface area contributed by atoms with Crippen LogP contribution in [-0.4, -0.2) is 54.1 Å². The molecule has 1 atom stereocenters.